The molecule has 0 aromatic rings. The van der Waals surface area contributed by atoms with E-state index in [1.807, 2.05) is 0 Å². The number of rotatable bonds is 0. The Labute approximate surface area is 69.5 Å². The number of fused-ring (bicyclic) bond motifs is 2. The smallest absolute Gasteiger partial charge is 0.117 e. The van der Waals surface area contributed by atoms with Gasteiger partial charge in [0.1, 0.15) is 19.7 Å². The number of hydrogen-bond donors (Lipinski definition) is 1. The van der Waals surface area contributed by atoms with Crippen LogP contribution in [0.4, 0.5) is 0 Å². The van der Waals surface area contributed by atoms with Crippen LogP contribution in [0.2, 0.25) is 0 Å². The van der Waals surface area contributed by atoms with Crippen LogP contribution in [-0.4, -0.2) is 30.1 Å². The van der Waals surface area contributed by atoms with Crippen LogP contribution in [-0.2, 0) is 19.7 Å². The lowest BCUT2D eigenvalue weighted by molar-refractivity contribution is 0.145. The molecule has 0 spiro atoms. The first-order valence-electron chi connectivity index (χ1n) is 3.71. The van der Waals surface area contributed by atoms with Gasteiger partial charge in [0.05, 0.1) is 16.6 Å². The summed E-state index contributed by atoms with van der Waals surface area (Å²) >= 11 is 0. The Kier molecular flexibility index (Phi) is 1.89. The molecular formula is C6H10O3S2. The summed E-state index contributed by atoms with van der Waals surface area (Å²) < 4.78 is 22.5. The lowest BCUT2D eigenvalue weighted by Gasteiger charge is -2.20. The Morgan fingerprint density at radius 3 is 1.91 bits per heavy atom. The molecular weight excluding hydrogens is 184 g/mol. The molecule has 0 radical (unpaired) electrons. The fraction of sp³-hybridized carbons (Fsp3) is 1.00. The predicted octanol–water partition coefficient (Wildman–Crippen LogP) is -0.306. The summed E-state index contributed by atoms with van der Waals surface area (Å²) in [6.45, 7) is 0. The van der Waals surface area contributed by atoms with E-state index in [0.29, 0.717) is 0 Å². The van der Waals surface area contributed by atoms with Gasteiger partial charge in [0.25, 0.3) is 0 Å². The quantitative estimate of drug-likeness (QED) is 0.538. The first kappa shape index (κ1) is 7.89. The number of aliphatic hydroxyl groups is 1. The minimum Gasteiger partial charge on any atom is -0.391 e. The van der Waals surface area contributed by atoms with E-state index in [0.717, 1.165) is 19.3 Å². The molecule has 1 aliphatic heterocycles. The van der Waals surface area contributed by atoms with Gasteiger partial charge >= 0.3 is 0 Å². The number of hydrogen-bond acceptors (Lipinski definition) is 3. The molecule has 4 unspecified atom stereocenters. The summed E-state index contributed by atoms with van der Waals surface area (Å²) in [6.07, 6.45) is 1.95. The molecule has 1 saturated heterocycles. The van der Waals surface area contributed by atoms with Gasteiger partial charge in [0, 0.05) is 0 Å². The van der Waals surface area contributed by atoms with Crippen molar-refractivity contribution in [3.63, 3.8) is 0 Å². The van der Waals surface area contributed by atoms with Crippen LogP contribution in [0.5, 0.6) is 0 Å². The van der Waals surface area contributed by atoms with Crippen molar-refractivity contribution < 1.29 is 13.5 Å². The zero-order valence-electron chi connectivity index (χ0n) is 5.93. The Hall–Kier alpha value is 0.260. The largest absolute Gasteiger partial charge is 0.391 e. The predicted molar refractivity (Wildman–Crippen MR) is 43.7 cm³/mol. The van der Waals surface area contributed by atoms with E-state index in [-0.39, 0.29) is 10.5 Å². The van der Waals surface area contributed by atoms with Gasteiger partial charge in [-0.3, -0.25) is 0 Å². The van der Waals surface area contributed by atoms with Crippen LogP contribution in [0.15, 0.2) is 0 Å². The van der Waals surface area contributed by atoms with Crippen molar-refractivity contribution in [2.75, 3.05) is 0 Å². The molecule has 11 heavy (non-hydrogen) atoms. The Bertz CT molecular complexity index is 206. The molecule has 1 saturated carbocycles. The summed E-state index contributed by atoms with van der Waals surface area (Å²) in [4.78, 5) is 0. The molecule has 2 aliphatic rings. The molecule has 5 heteroatoms. The average Bonchev–Trinajstić information content (AvgIpc) is 2.19. The Morgan fingerprint density at radius 2 is 1.55 bits per heavy atom. The zero-order chi connectivity index (χ0) is 8.01. The van der Waals surface area contributed by atoms with Gasteiger partial charge in [0.2, 0.25) is 0 Å². The molecule has 2 rings (SSSR count). The van der Waals surface area contributed by atoms with Gasteiger partial charge < -0.3 is 5.11 Å². The molecule has 2 fully saturated rings. The van der Waals surface area contributed by atoms with E-state index >= 15 is 0 Å². The molecule has 0 aromatic heterocycles. The second kappa shape index (κ2) is 2.64. The van der Waals surface area contributed by atoms with Crippen molar-refractivity contribution in [2.24, 2.45) is 0 Å². The van der Waals surface area contributed by atoms with Gasteiger partial charge in [-0.2, -0.15) is 0 Å². The standard InChI is InChI=1S/C6H10O3S2/c7-6-4-2-1-3-5(6)11(9)10(4)8/h4-7H,1-3H2. The van der Waals surface area contributed by atoms with E-state index in [2.05, 4.69) is 0 Å². The monoisotopic (exact) mass is 194 g/mol. The molecule has 3 nitrogen and oxygen atoms in total. The van der Waals surface area contributed by atoms with Gasteiger partial charge in [-0.1, -0.05) is 6.42 Å². The third kappa shape index (κ3) is 1.02. The molecule has 2 bridgehead atoms. The lowest BCUT2D eigenvalue weighted by Crippen LogP contribution is -2.34. The highest BCUT2D eigenvalue weighted by molar-refractivity contribution is 8.62. The van der Waals surface area contributed by atoms with E-state index in [1.165, 1.54) is 0 Å². The van der Waals surface area contributed by atoms with E-state index in [1.54, 1.807) is 0 Å². The Morgan fingerprint density at radius 1 is 1.09 bits per heavy atom. The highest BCUT2D eigenvalue weighted by Crippen LogP contribution is 2.35. The second-order valence-corrected chi connectivity index (χ2v) is 7.24. The van der Waals surface area contributed by atoms with Gasteiger partial charge in [-0.25, -0.2) is 8.42 Å². The highest BCUT2D eigenvalue weighted by atomic mass is 33.1. The molecule has 1 aliphatic carbocycles. The maximum atomic E-state index is 11.2. The second-order valence-electron chi connectivity index (χ2n) is 3.02. The summed E-state index contributed by atoms with van der Waals surface area (Å²) in [6, 6.07) is 0. The van der Waals surface area contributed by atoms with Crippen LogP contribution in [0.3, 0.4) is 0 Å². The summed E-state index contributed by atoms with van der Waals surface area (Å²) in [7, 11) is -2.56. The van der Waals surface area contributed by atoms with Crippen LogP contribution in [0.25, 0.3) is 0 Å². The SMILES string of the molecule is O=S1C2CCCC(C2O)S1=O. The van der Waals surface area contributed by atoms with Crippen LogP contribution < -0.4 is 0 Å². The molecule has 0 aromatic carbocycles. The Balaban J connectivity index is 2.35. The fourth-order valence-electron chi connectivity index (χ4n) is 1.76. The van der Waals surface area contributed by atoms with Crippen LogP contribution in [0.1, 0.15) is 19.3 Å². The summed E-state index contributed by atoms with van der Waals surface area (Å²) in [5.74, 6) is 0. The molecule has 1 heterocycles. The lowest BCUT2D eigenvalue weighted by atomic mass is 9.97. The van der Waals surface area contributed by atoms with E-state index in [4.69, 9.17) is 0 Å². The molecule has 4 atom stereocenters. The van der Waals surface area contributed by atoms with Gasteiger partial charge in [-0.05, 0) is 12.8 Å². The van der Waals surface area contributed by atoms with Crippen molar-refractivity contribution >= 4 is 19.7 Å². The fourth-order valence-corrected chi connectivity index (χ4v) is 6.63. The van der Waals surface area contributed by atoms with E-state index in [9.17, 15) is 13.5 Å². The molecule has 64 valence electrons. The third-order valence-corrected chi connectivity index (χ3v) is 7.19. The average molecular weight is 194 g/mol. The zero-order valence-corrected chi connectivity index (χ0v) is 7.57. The highest BCUT2D eigenvalue weighted by Gasteiger charge is 2.49. The van der Waals surface area contributed by atoms with Crippen molar-refractivity contribution in [1.29, 1.82) is 0 Å². The minimum atomic E-state index is -1.28. The summed E-state index contributed by atoms with van der Waals surface area (Å²) in [5.41, 5.74) is 0. The first-order chi connectivity index (χ1) is 5.22. The molecule has 0 amide bonds. The van der Waals surface area contributed by atoms with E-state index < -0.39 is 25.8 Å². The first-order valence-corrected chi connectivity index (χ1v) is 6.66. The van der Waals surface area contributed by atoms with Gasteiger partial charge in [0.15, 0.2) is 0 Å². The van der Waals surface area contributed by atoms with Crippen molar-refractivity contribution in [3.05, 3.63) is 0 Å². The maximum absolute atomic E-state index is 11.2. The van der Waals surface area contributed by atoms with Crippen molar-refractivity contribution in [2.45, 2.75) is 35.9 Å². The maximum Gasteiger partial charge on any atom is 0.117 e. The van der Waals surface area contributed by atoms with Crippen LogP contribution >= 0.6 is 0 Å². The summed E-state index contributed by atoms with van der Waals surface area (Å²) in [5, 5.41) is 9.06. The molecule has 1 N–H and O–H groups in total. The van der Waals surface area contributed by atoms with Gasteiger partial charge in [-0.15, -0.1) is 0 Å². The topological polar surface area (TPSA) is 54.4 Å². The third-order valence-electron chi connectivity index (χ3n) is 2.40. The minimum absolute atomic E-state index is 0.199. The number of aliphatic hydroxyl groups excluding tert-OH is 1. The van der Waals surface area contributed by atoms with Crippen molar-refractivity contribution in [3.8, 4) is 0 Å². The normalized spacial score (nSPS) is 56.3. The van der Waals surface area contributed by atoms with Crippen LogP contribution in [0, 0.1) is 0 Å². The van der Waals surface area contributed by atoms with Crippen molar-refractivity contribution in [1.82, 2.24) is 0 Å².